The fourth-order valence-corrected chi connectivity index (χ4v) is 9.90. The van der Waals surface area contributed by atoms with E-state index in [9.17, 15) is 39.2 Å². The number of oxime groups is 1. The maximum Gasteiger partial charge on any atom is 0.312 e. The zero-order chi connectivity index (χ0) is 51.5. The third-order valence-corrected chi connectivity index (χ3v) is 15.1. The molecular formula is C48H73FIN5O14. The molecule has 69 heavy (non-hydrogen) atoms. The summed E-state index contributed by atoms with van der Waals surface area (Å²) >= 11 is 1.74. The Kier molecular flexibility index (Phi) is 21.7. The second-order valence-electron chi connectivity index (χ2n) is 18.8. The van der Waals surface area contributed by atoms with Gasteiger partial charge in [-0.3, -0.25) is 19.4 Å². The van der Waals surface area contributed by atoms with Crippen LogP contribution in [0.2, 0.25) is 0 Å². The number of carbonyl (C=O) groups is 3. The van der Waals surface area contributed by atoms with Crippen molar-refractivity contribution in [1.82, 2.24) is 15.2 Å². The number of benzene rings is 1. The monoisotopic (exact) mass is 1090 g/mol. The Morgan fingerprint density at radius 1 is 1.03 bits per heavy atom. The van der Waals surface area contributed by atoms with Crippen LogP contribution in [-0.2, 0) is 42.8 Å². The number of nitrogens with two attached hydrogens (primary N) is 1. The maximum absolute atomic E-state index is 14.6. The van der Waals surface area contributed by atoms with Gasteiger partial charge < -0.3 is 69.6 Å². The number of esters is 1. The van der Waals surface area contributed by atoms with Crippen molar-refractivity contribution in [2.24, 2.45) is 34.6 Å². The Morgan fingerprint density at radius 3 is 2.25 bits per heavy atom. The fraction of sp³-hybridized carbons (Fsp3) is 0.688. The highest BCUT2D eigenvalue weighted by atomic mass is 127. The first-order valence-corrected chi connectivity index (χ1v) is 24.3. The first kappa shape index (κ1) is 58.1. The third-order valence-electron chi connectivity index (χ3n) is 13.6. The number of likely N-dealkylation sites (N-methyl/N-ethyl adjacent to an activating group) is 1. The lowest BCUT2D eigenvalue weighted by Crippen LogP contribution is -2.60. The summed E-state index contributed by atoms with van der Waals surface area (Å²) in [6.45, 7) is 10.7. The van der Waals surface area contributed by atoms with Gasteiger partial charge in [-0.05, 0) is 87.4 Å². The van der Waals surface area contributed by atoms with Crippen LogP contribution in [0, 0.1) is 23.7 Å². The molecule has 1 aromatic carbocycles. The molecule has 7 N–H and O–H groups in total. The van der Waals surface area contributed by atoms with Crippen molar-refractivity contribution in [1.29, 1.82) is 0 Å². The van der Waals surface area contributed by atoms with Gasteiger partial charge >= 0.3 is 5.97 Å². The van der Waals surface area contributed by atoms with Crippen LogP contribution in [0.5, 0.6) is 0 Å². The fourth-order valence-electron chi connectivity index (χ4n) is 9.28. The van der Waals surface area contributed by atoms with Gasteiger partial charge in [-0.25, -0.2) is 4.39 Å². The van der Waals surface area contributed by atoms with Gasteiger partial charge in [-0.2, -0.15) is 0 Å². The second kappa shape index (κ2) is 25.8. The van der Waals surface area contributed by atoms with Gasteiger partial charge in [0.25, 0.3) is 5.91 Å². The highest BCUT2D eigenvalue weighted by Crippen LogP contribution is 2.40. The molecule has 4 rings (SSSR count). The number of pyridine rings is 1. The highest BCUT2D eigenvalue weighted by molar-refractivity contribution is 14.1. The molecule has 21 heteroatoms. The van der Waals surface area contributed by atoms with Crippen molar-refractivity contribution in [3.8, 4) is 11.1 Å². The average Bonchev–Trinajstić information content (AvgIpc) is 3.33. The molecule has 16 atom stereocenters. The number of rotatable bonds is 17. The quantitative estimate of drug-likeness (QED) is 0.0330. The molecule has 2 amide bonds. The smallest absolute Gasteiger partial charge is 0.312 e. The Bertz CT molecular complexity index is 2000. The largest absolute Gasteiger partial charge is 0.448 e. The molecule has 1 aromatic heterocycles. The molecule has 19 nitrogen and oxygen atoms in total. The van der Waals surface area contributed by atoms with E-state index in [1.165, 1.54) is 47.4 Å². The van der Waals surface area contributed by atoms with Gasteiger partial charge in [-0.15, -0.1) is 0 Å². The van der Waals surface area contributed by atoms with Crippen LogP contribution < -0.4 is 11.1 Å². The summed E-state index contributed by atoms with van der Waals surface area (Å²) in [4.78, 5) is 49.8. The molecule has 388 valence electrons. The summed E-state index contributed by atoms with van der Waals surface area (Å²) in [7, 11) is 6.08. The van der Waals surface area contributed by atoms with Gasteiger partial charge in [0.15, 0.2) is 10.4 Å². The molecule has 0 spiro atoms. The minimum absolute atomic E-state index is 0.0568. The second-order valence-corrected chi connectivity index (χ2v) is 20.0. The van der Waals surface area contributed by atoms with Crippen LogP contribution in [0.1, 0.15) is 89.9 Å². The van der Waals surface area contributed by atoms with E-state index in [1.54, 1.807) is 80.7 Å². The number of nitrogens with zero attached hydrogens (tertiary/aromatic N) is 3. The van der Waals surface area contributed by atoms with Crippen LogP contribution >= 0.6 is 22.6 Å². The molecule has 0 radical (unpaired) electrons. The first-order chi connectivity index (χ1) is 32.4. The van der Waals surface area contributed by atoms with E-state index in [1.807, 2.05) is 18.7 Å². The van der Waals surface area contributed by atoms with Crippen molar-refractivity contribution >= 4 is 46.1 Å². The number of aromatic nitrogens is 1. The van der Waals surface area contributed by atoms with E-state index in [0.717, 1.165) is 11.1 Å². The number of cyclic esters (lactones) is 1. The summed E-state index contributed by atoms with van der Waals surface area (Å²) in [6.07, 6.45) is -5.88. The van der Waals surface area contributed by atoms with Gasteiger partial charge in [0.05, 0.1) is 47.7 Å². The number of primary amides is 1. The molecule has 2 saturated heterocycles. The van der Waals surface area contributed by atoms with Crippen LogP contribution in [0.15, 0.2) is 47.8 Å². The molecule has 2 fully saturated rings. The van der Waals surface area contributed by atoms with E-state index in [2.05, 4.69) is 15.5 Å². The van der Waals surface area contributed by atoms with Crippen LogP contribution in [0.25, 0.3) is 11.1 Å². The van der Waals surface area contributed by atoms with Crippen LogP contribution in [0.3, 0.4) is 0 Å². The van der Waals surface area contributed by atoms with E-state index < -0.39 is 118 Å². The number of aliphatic hydroxyl groups is 4. The van der Waals surface area contributed by atoms with Gasteiger partial charge in [0.2, 0.25) is 12.7 Å². The van der Waals surface area contributed by atoms with Gasteiger partial charge in [0, 0.05) is 69.9 Å². The Balaban J connectivity index is 1.54. The maximum atomic E-state index is 14.6. The number of alkyl halides is 2. The number of carbonyl (C=O) groups excluding carboxylic acids is 3. The molecule has 2 aliphatic heterocycles. The van der Waals surface area contributed by atoms with E-state index in [-0.39, 0.29) is 31.9 Å². The predicted molar refractivity (Wildman–Crippen MR) is 260 cm³/mol. The molecular weight excluding hydrogens is 1020 g/mol. The lowest BCUT2D eigenvalue weighted by Gasteiger charge is -2.48. The van der Waals surface area contributed by atoms with Crippen molar-refractivity contribution in [3.05, 3.63) is 53.9 Å². The lowest BCUT2D eigenvalue weighted by molar-refractivity contribution is -0.301. The van der Waals surface area contributed by atoms with Crippen molar-refractivity contribution < 1.29 is 72.5 Å². The minimum atomic E-state index is -1.96. The molecule has 0 unspecified atom stereocenters. The average molecular weight is 1090 g/mol. The number of hydrogen-bond donors (Lipinski definition) is 6. The van der Waals surface area contributed by atoms with Crippen LogP contribution in [-0.4, -0.2) is 166 Å². The summed E-state index contributed by atoms with van der Waals surface area (Å²) in [5.41, 5.74) is 4.66. The Hall–Kier alpha value is -3.49. The number of nitrogens with one attached hydrogen (secondary N) is 1. The molecule has 2 aromatic rings. The zero-order valence-corrected chi connectivity index (χ0v) is 43.6. The number of halogens is 2. The van der Waals surface area contributed by atoms with Gasteiger partial charge in [0.1, 0.15) is 30.2 Å². The Morgan fingerprint density at radius 2 is 1.68 bits per heavy atom. The number of amides is 2. The number of methoxy groups -OCH3 is 3. The summed E-state index contributed by atoms with van der Waals surface area (Å²) < 4.78 is 49.0. The number of hydrogen-bond acceptors (Lipinski definition) is 17. The lowest BCUT2D eigenvalue weighted by atomic mass is 9.74. The van der Waals surface area contributed by atoms with Crippen molar-refractivity contribution in [3.63, 3.8) is 0 Å². The first-order valence-electron chi connectivity index (χ1n) is 23.1. The number of ether oxygens (including phenoxy) is 6. The van der Waals surface area contributed by atoms with Gasteiger partial charge in [-0.1, -0.05) is 56.3 Å². The zero-order valence-electron chi connectivity index (χ0n) is 41.4. The summed E-state index contributed by atoms with van der Waals surface area (Å²) in [6, 6.07) is 8.76. The highest BCUT2D eigenvalue weighted by Gasteiger charge is 2.52. The molecule has 2 aliphatic rings. The number of aliphatic hydroxyl groups excluding tert-OH is 3. The van der Waals surface area contributed by atoms with Crippen molar-refractivity contribution in [2.45, 2.75) is 138 Å². The van der Waals surface area contributed by atoms with Crippen molar-refractivity contribution in [2.75, 3.05) is 48.4 Å². The molecule has 0 bridgehead atoms. The van der Waals surface area contributed by atoms with E-state index in [4.69, 9.17) is 39.0 Å². The molecule has 3 heterocycles. The van der Waals surface area contributed by atoms with E-state index >= 15 is 0 Å². The SMILES string of the molecule is COCO/N=C1\[C@H](C)C[C@@](C)(OC)[C@H](O[C@@H]2O[C@H](C)C[C@H](N(C)CCC(=O)N[C@H](CF)[C@H](OC)c3ccc(-c4ccc(C(N)=O)nc4)cc3)[C@H]2O)[C@@H](C)[C@H](O)[C@@H](C)C(=O)O[C@H](I)[C@@](C)(O)[C@H](O)[C@H]1C. The molecule has 0 saturated carbocycles. The topological polar surface area (TPSA) is 263 Å². The van der Waals surface area contributed by atoms with E-state index in [0.29, 0.717) is 17.7 Å². The summed E-state index contributed by atoms with van der Waals surface area (Å²) in [5, 5.41) is 54.1. The third kappa shape index (κ3) is 14.4. The minimum Gasteiger partial charge on any atom is -0.448 e. The molecule has 0 aliphatic carbocycles. The van der Waals surface area contributed by atoms with Crippen LogP contribution in [0.4, 0.5) is 4.39 Å². The predicted octanol–water partition coefficient (Wildman–Crippen LogP) is 3.67. The standard InChI is InChI=1S/C48H73FIN5O14/c1-25-21-47(6,65-11)42(28(4)38(57)29(5)44(61)69-46(50)48(7,62)41(59)27(3)37(25)54-66-24-63-9)68-45-39(58)35(20-26(2)67-45)55(8)19-18-36(56)53-34(22-49)40(64-10)31-14-12-30(13-15-31)32-16-17-33(43(51)60)52-23-32/h12-17,23,25-29,34-35,38-42,45-46,57-59,62H,18-22,24H2,1-11H3,(H2,51,60)(H,53,56)/b54-37+/t25-,26-,27+,28+,29-,34-,35+,38+,39-,40-,41-,42-,45+,46+,47-,48+/m1/s1. The Labute approximate surface area is 418 Å². The summed E-state index contributed by atoms with van der Waals surface area (Å²) in [5.74, 6) is -5.32. The normalized spacial score (nSPS) is 34.3.